The molecule has 11 heteroatoms. The highest BCUT2D eigenvalue weighted by atomic mass is 32.2. The highest BCUT2D eigenvalue weighted by Crippen LogP contribution is 2.27. The van der Waals surface area contributed by atoms with E-state index in [1.807, 2.05) is 0 Å². The SMILES string of the molecule is NC(=O)c1cc(-c2csc(NC(=O)c3ccccc3S(=O)(=O)N3CCCCC3)n2)c[nH]1. The molecule has 2 aromatic heterocycles. The molecule has 0 spiro atoms. The maximum absolute atomic E-state index is 13.1. The lowest BCUT2D eigenvalue weighted by Crippen LogP contribution is -2.36. The molecule has 162 valence electrons. The summed E-state index contributed by atoms with van der Waals surface area (Å²) in [5.74, 6) is -1.13. The molecular weight excluding hydrogens is 438 g/mol. The summed E-state index contributed by atoms with van der Waals surface area (Å²) in [5, 5.41) is 4.71. The molecule has 3 heterocycles. The van der Waals surface area contributed by atoms with E-state index in [0.717, 1.165) is 19.3 Å². The molecule has 0 radical (unpaired) electrons. The van der Waals surface area contributed by atoms with Gasteiger partial charge >= 0.3 is 0 Å². The van der Waals surface area contributed by atoms with Crippen molar-refractivity contribution in [3.05, 3.63) is 53.2 Å². The molecule has 1 aliphatic rings. The maximum atomic E-state index is 13.1. The molecule has 0 bridgehead atoms. The molecule has 4 N–H and O–H groups in total. The highest BCUT2D eigenvalue weighted by Gasteiger charge is 2.30. The van der Waals surface area contributed by atoms with Crippen LogP contribution in [0.1, 0.15) is 40.1 Å². The van der Waals surface area contributed by atoms with Crippen molar-refractivity contribution < 1.29 is 18.0 Å². The monoisotopic (exact) mass is 459 g/mol. The van der Waals surface area contributed by atoms with Crippen molar-refractivity contribution in [2.45, 2.75) is 24.2 Å². The second-order valence-electron chi connectivity index (χ2n) is 7.12. The number of carbonyl (C=O) groups excluding carboxylic acids is 2. The van der Waals surface area contributed by atoms with Crippen molar-refractivity contribution in [2.75, 3.05) is 18.4 Å². The van der Waals surface area contributed by atoms with Crippen molar-refractivity contribution in [1.82, 2.24) is 14.3 Å². The van der Waals surface area contributed by atoms with Gasteiger partial charge in [-0.3, -0.25) is 14.9 Å². The number of thiazole rings is 1. The summed E-state index contributed by atoms with van der Waals surface area (Å²) in [5.41, 5.74) is 6.78. The first kappa shape index (κ1) is 21.2. The number of nitrogens with one attached hydrogen (secondary N) is 2. The number of nitrogens with two attached hydrogens (primary N) is 1. The Hall–Kier alpha value is -3.02. The lowest BCUT2D eigenvalue weighted by atomic mass is 10.2. The van der Waals surface area contributed by atoms with Crippen LogP contribution in [0.2, 0.25) is 0 Å². The standard InChI is InChI=1S/C20H21N5O4S2/c21-18(26)15-10-13(11-22-15)16-12-30-20(23-16)24-19(27)14-6-2-3-7-17(14)31(28,29)25-8-4-1-5-9-25/h2-3,6-7,10-12,22H,1,4-5,8-9H2,(H2,21,26)(H,23,24,27). The summed E-state index contributed by atoms with van der Waals surface area (Å²) in [7, 11) is -3.77. The number of piperidine rings is 1. The Balaban J connectivity index is 1.56. The van der Waals surface area contributed by atoms with Crippen LogP contribution in [0.3, 0.4) is 0 Å². The second-order valence-corrected chi connectivity index (χ2v) is 9.88. The van der Waals surface area contributed by atoms with Gasteiger partial charge in [-0.25, -0.2) is 13.4 Å². The molecule has 31 heavy (non-hydrogen) atoms. The van der Waals surface area contributed by atoms with E-state index in [-0.39, 0.29) is 16.2 Å². The van der Waals surface area contributed by atoms with Crippen molar-refractivity contribution in [3.63, 3.8) is 0 Å². The Kier molecular flexibility index (Phi) is 5.90. The van der Waals surface area contributed by atoms with Gasteiger partial charge < -0.3 is 10.7 Å². The van der Waals surface area contributed by atoms with E-state index in [2.05, 4.69) is 15.3 Å². The molecule has 0 unspecified atom stereocenters. The minimum atomic E-state index is -3.77. The first-order valence-corrected chi connectivity index (χ1v) is 12.0. The lowest BCUT2D eigenvalue weighted by Gasteiger charge is -2.26. The molecular formula is C20H21N5O4S2. The minimum Gasteiger partial charge on any atom is -0.364 e. The molecule has 2 amide bonds. The molecule has 1 saturated heterocycles. The van der Waals surface area contributed by atoms with Crippen LogP contribution in [0.4, 0.5) is 5.13 Å². The van der Waals surface area contributed by atoms with Gasteiger partial charge in [0.25, 0.3) is 11.8 Å². The Morgan fingerprint density at radius 2 is 1.90 bits per heavy atom. The lowest BCUT2D eigenvalue weighted by molar-refractivity contribution is 0.0993. The average molecular weight is 460 g/mol. The van der Waals surface area contributed by atoms with Crippen LogP contribution < -0.4 is 11.1 Å². The van der Waals surface area contributed by atoms with Crippen LogP contribution in [-0.4, -0.2) is 47.6 Å². The normalized spacial score (nSPS) is 15.0. The number of hydrogen-bond donors (Lipinski definition) is 3. The zero-order chi connectivity index (χ0) is 22.0. The number of primary amides is 1. The zero-order valence-electron chi connectivity index (χ0n) is 16.5. The summed E-state index contributed by atoms with van der Waals surface area (Å²) in [6, 6.07) is 7.76. The third kappa shape index (κ3) is 4.38. The Morgan fingerprint density at radius 1 is 1.16 bits per heavy atom. The molecule has 1 aliphatic heterocycles. The Labute approximate surface area is 183 Å². The van der Waals surface area contributed by atoms with Crippen LogP contribution in [0.5, 0.6) is 0 Å². The van der Waals surface area contributed by atoms with Gasteiger partial charge in [-0.15, -0.1) is 11.3 Å². The fraction of sp³-hybridized carbons (Fsp3) is 0.250. The van der Waals surface area contributed by atoms with E-state index in [1.165, 1.54) is 27.8 Å². The van der Waals surface area contributed by atoms with E-state index in [4.69, 9.17) is 5.73 Å². The van der Waals surface area contributed by atoms with Gasteiger partial charge in [0, 0.05) is 30.2 Å². The van der Waals surface area contributed by atoms with E-state index >= 15 is 0 Å². The predicted molar refractivity (Wildman–Crippen MR) is 117 cm³/mol. The number of hydrogen-bond acceptors (Lipinski definition) is 6. The molecule has 3 aromatic rings. The minimum absolute atomic E-state index is 0.0112. The number of benzene rings is 1. The maximum Gasteiger partial charge on any atom is 0.265 e. The number of rotatable bonds is 6. The second kappa shape index (κ2) is 8.61. The van der Waals surface area contributed by atoms with E-state index < -0.39 is 21.8 Å². The number of aromatic amines is 1. The van der Waals surface area contributed by atoms with Gasteiger partial charge in [-0.2, -0.15) is 4.31 Å². The van der Waals surface area contributed by atoms with Gasteiger partial charge in [-0.1, -0.05) is 18.6 Å². The average Bonchev–Trinajstić information content (AvgIpc) is 3.44. The summed E-state index contributed by atoms with van der Waals surface area (Å²) in [4.78, 5) is 31.3. The molecule has 9 nitrogen and oxygen atoms in total. The fourth-order valence-corrected chi connectivity index (χ4v) is 5.86. The smallest absolute Gasteiger partial charge is 0.265 e. The fourth-order valence-electron chi connectivity index (χ4n) is 3.44. The number of nitrogens with zero attached hydrogens (tertiary/aromatic N) is 2. The van der Waals surface area contributed by atoms with Crippen LogP contribution >= 0.6 is 11.3 Å². The van der Waals surface area contributed by atoms with Crippen LogP contribution in [0.25, 0.3) is 11.3 Å². The van der Waals surface area contributed by atoms with Gasteiger partial charge in [-0.05, 0) is 31.0 Å². The number of aromatic nitrogens is 2. The van der Waals surface area contributed by atoms with Gasteiger partial charge in [0.05, 0.1) is 16.2 Å². The molecule has 1 fully saturated rings. The topological polar surface area (TPSA) is 138 Å². The molecule has 4 rings (SSSR count). The van der Waals surface area contributed by atoms with Crippen LogP contribution in [-0.2, 0) is 10.0 Å². The van der Waals surface area contributed by atoms with Crippen molar-refractivity contribution >= 4 is 38.3 Å². The predicted octanol–water partition coefficient (Wildman–Crippen LogP) is 2.66. The summed E-state index contributed by atoms with van der Waals surface area (Å²) >= 11 is 1.19. The number of anilines is 1. The summed E-state index contributed by atoms with van der Waals surface area (Å²) in [6.07, 6.45) is 4.22. The first-order chi connectivity index (χ1) is 14.9. The van der Waals surface area contributed by atoms with Gasteiger partial charge in [0.15, 0.2) is 5.13 Å². The first-order valence-electron chi connectivity index (χ1n) is 9.71. The molecule has 0 aliphatic carbocycles. The van der Waals surface area contributed by atoms with Crippen molar-refractivity contribution in [2.24, 2.45) is 5.73 Å². The van der Waals surface area contributed by atoms with Crippen LogP contribution in [0, 0.1) is 0 Å². The summed E-state index contributed by atoms with van der Waals surface area (Å²) in [6.45, 7) is 0.913. The van der Waals surface area contributed by atoms with E-state index in [9.17, 15) is 18.0 Å². The number of H-pyrrole nitrogens is 1. The quantitative estimate of drug-likeness (QED) is 0.520. The zero-order valence-corrected chi connectivity index (χ0v) is 18.1. The number of amides is 2. The van der Waals surface area contributed by atoms with Crippen molar-refractivity contribution in [1.29, 1.82) is 0 Å². The van der Waals surface area contributed by atoms with E-state index in [1.54, 1.807) is 29.8 Å². The molecule has 0 saturated carbocycles. The molecule has 0 atom stereocenters. The Bertz CT molecular complexity index is 1230. The highest BCUT2D eigenvalue weighted by molar-refractivity contribution is 7.89. The number of carbonyl (C=O) groups is 2. The van der Waals surface area contributed by atoms with Crippen LogP contribution in [0.15, 0.2) is 46.8 Å². The third-order valence-corrected chi connectivity index (χ3v) is 7.75. The van der Waals surface area contributed by atoms with Gasteiger partial charge in [0.1, 0.15) is 5.69 Å². The summed E-state index contributed by atoms with van der Waals surface area (Å²) < 4.78 is 27.6. The van der Waals surface area contributed by atoms with E-state index in [0.29, 0.717) is 29.5 Å². The molecule has 1 aromatic carbocycles. The third-order valence-electron chi connectivity index (χ3n) is 5.03. The number of sulfonamides is 1. The van der Waals surface area contributed by atoms with Gasteiger partial charge in [0.2, 0.25) is 10.0 Å². The Morgan fingerprint density at radius 3 is 2.61 bits per heavy atom. The largest absolute Gasteiger partial charge is 0.364 e. The van der Waals surface area contributed by atoms with Crippen molar-refractivity contribution in [3.8, 4) is 11.3 Å².